The lowest BCUT2D eigenvalue weighted by Crippen LogP contribution is -2.51. The summed E-state index contributed by atoms with van der Waals surface area (Å²) in [7, 11) is 2.82. The van der Waals surface area contributed by atoms with E-state index in [4.69, 9.17) is 4.74 Å². The predicted molar refractivity (Wildman–Crippen MR) is 137 cm³/mol. The molecule has 39 heavy (non-hydrogen) atoms. The molecular formula is C25H30FN7O6. The van der Waals surface area contributed by atoms with Crippen molar-refractivity contribution in [3.05, 3.63) is 36.4 Å². The Bertz CT molecular complexity index is 1240. The molecule has 0 saturated carbocycles. The number of piperazine rings is 1. The Hall–Kier alpha value is -4.33. The summed E-state index contributed by atoms with van der Waals surface area (Å²) in [6.07, 6.45) is 1.64. The van der Waals surface area contributed by atoms with Gasteiger partial charge in [-0.1, -0.05) is 0 Å². The summed E-state index contributed by atoms with van der Waals surface area (Å²) in [6, 6.07) is 4.37. The number of nitrogens with zero attached hydrogens (tertiary/aromatic N) is 6. The third kappa shape index (κ3) is 6.39. The zero-order valence-corrected chi connectivity index (χ0v) is 21.9. The molecule has 2 aromatic rings. The van der Waals surface area contributed by atoms with Crippen molar-refractivity contribution in [1.29, 1.82) is 0 Å². The summed E-state index contributed by atoms with van der Waals surface area (Å²) in [5.74, 6) is -0.898. The second-order valence-corrected chi connectivity index (χ2v) is 9.06. The van der Waals surface area contributed by atoms with Crippen molar-refractivity contribution in [2.75, 3.05) is 69.8 Å². The number of benzene rings is 1. The van der Waals surface area contributed by atoms with Crippen LogP contribution in [-0.2, 0) is 23.9 Å². The van der Waals surface area contributed by atoms with Gasteiger partial charge in [-0.25, -0.2) is 19.2 Å². The topological polar surface area (TPSA) is 138 Å². The third-order valence-corrected chi connectivity index (χ3v) is 6.63. The summed E-state index contributed by atoms with van der Waals surface area (Å²) in [4.78, 5) is 62.3. The lowest BCUT2D eigenvalue weighted by atomic mass is 10.1. The van der Waals surface area contributed by atoms with Gasteiger partial charge in [0.1, 0.15) is 5.82 Å². The van der Waals surface area contributed by atoms with Gasteiger partial charge < -0.3 is 24.2 Å². The van der Waals surface area contributed by atoms with Crippen LogP contribution >= 0.6 is 0 Å². The number of methoxy groups -OCH3 is 1. The minimum Gasteiger partial charge on any atom is -0.468 e. The summed E-state index contributed by atoms with van der Waals surface area (Å²) in [5, 5.41) is 2.76. The number of rotatable bonds is 8. The van der Waals surface area contributed by atoms with Gasteiger partial charge in [0.25, 0.3) is 0 Å². The zero-order valence-electron chi connectivity index (χ0n) is 21.9. The zero-order chi connectivity index (χ0) is 28.1. The molecule has 2 aliphatic heterocycles. The summed E-state index contributed by atoms with van der Waals surface area (Å²) < 4.78 is 24.8. The van der Waals surface area contributed by atoms with Crippen molar-refractivity contribution in [2.45, 2.75) is 13.2 Å². The second kappa shape index (κ2) is 12.0. The molecule has 1 N–H and O–H groups in total. The molecule has 14 heteroatoms. The lowest BCUT2D eigenvalue weighted by Gasteiger charge is -2.34. The van der Waals surface area contributed by atoms with E-state index in [1.807, 2.05) is 4.90 Å². The number of esters is 1. The number of carbonyl (C=O) groups is 4. The van der Waals surface area contributed by atoms with E-state index in [0.29, 0.717) is 43.4 Å². The normalized spacial score (nSPS) is 17.2. The number of carbonyl (C=O) groups excluding carboxylic acids is 4. The maximum absolute atomic E-state index is 15.0. The fourth-order valence-electron chi connectivity index (χ4n) is 4.20. The van der Waals surface area contributed by atoms with Gasteiger partial charge in [-0.3, -0.25) is 24.6 Å². The summed E-state index contributed by atoms with van der Waals surface area (Å²) in [6.45, 7) is 3.47. The molecular weight excluding hydrogens is 513 g/mol. The van der Waals surface area contributed by atoms with Crippen LogP contribution in [0.5, 0.6) is 0 Å². The fourth-order valence-corrected chi connectivity index (χ4v) is 4.20. The Morgan fingerprint density at radius 1 is 1.15 bits per heavy atom. The predicted octanol–water partition coefficient (Wildman–Crippen LogP) is 0.455. The van der Waals surface area contributed by atoms with Crippen LogP contribution in [0.1, 0.15) is 6.92 Å². The summed E-state index contributed by atoms with van der Waals surface area (Å²) in [5.41, 5.74) is 1.04. The first-order valence-corrected chi connectivity index (χ1v) is 12.3. The fraction of sp³-hybridized carbons (Fsp3) is 0.440. The molecule has 0 unspecified atom stereocenters. The van der Waals surface area contributed by atoms with Gasteiger partial charge >= 0.3 is 12.1 Å². The first-order valence-electron chi connectivity index (χ1n) is 12.3. The number of ether oxygens (including phenoxy) is 2. The minimum absolute atomic E-state index is 0.0320. The van der Waals surface area contributed by atoms with Gasteiger partial charge in [-0.15, -0.1) is 0 Å². The maximum Gasteiger partial charge on any atom is 0.416 e. The Balaban J connectivity index is 1.34. The van der Waals surface area contributed by atoms with E-state index in [9.17, 15) is 19.2 Å². The maximum atomic E-state index is 15.0. The number of aromatic nitrogens is 2. The molecule has 1 atom stereocenters. The largest absolute Gasteiger partial charge is 0.468 e. The van der Waals surface area contributed by atoms with Crippen molar-refractivity contribution in [3.63, 3.8) is 0 Å². The van der Waals surface area contributed by atoms with E-state index in [1.165, 1.54) is 55.4 Å². The van der Waals surface area contributed by atoms with Gasteiger partial charge in [0.15, 0.2) is 6.23 Å². The highest BCUT2D eigenvalue weighted by atomic mass is 19.1. The highest BCUT2D eigenvalue weighted by molar-refractivity contribution is 5.90. The average Bonchev–Trinajstić information content (AvgIpc) is 3.33. The quantitative estimate of drug-likeness (QED) is 0.467. The van der Waals surface area contributed by atoms with Crippen LogP contribution in [0, 0.1) is 5.82 Å². The SMILES string of the molecule is COC(=O)CNCC(=O)N1CCN(c2ncc(-c3ccc(N4C[C@@H](N(C)C(C)=O)OC4=O)cc3F)cn2)CC1. The molecule has 1 aromatic carbocycles. The second-order valence-electron chi connectivity index (χ2n) is 9.06. The molecule has 1 aromatic heterocycles. The number of likely N-dealkylation sites (N-methyl/N-ethyl adjacent to an activating group) is 1. The Labute approximate surface area is 224 Å². The van der Waals surface area contributed by atoms with E-state index in [1.54, 1.807) is 11.0 Å². The molecule has 0 spiro atoms. The van der Waals surface area contributed by atoms with Crippen LogP contribution < -0.4 is 15.1 Å². The average molecular weight is 544 g/mol. The number of amides is 3. The molecule has 2 fully saturated rings. The number of hydrogen-bond acceptors (Lipinski definition) is 10. The van der Waals surface area contributed by atoms with Crippen LogP contribution in [0.25, 0.3) is 11.1 Å². The molecule has 3 heterocycles. The molecule has 13 nitrogen and oxygen atoms in total. The molecule has 4 rings (SSSR count). The van der Waals surface area contributed by atoms with Crippen molar-refractivity contribution >= 4 is 35.5 Å². The van der Waals surface area contributed by atoms with Gasteiger partial charge in [0.05, 0.1) is 32.4 Å². The van der Waals surface area contributed by atoms with E-state index in [-0.39, 0.29) is 37.0 Å². The van der Waals surface area contributed by atoms with Crippen LogP contribution in [0.2, 0.25) is 0 Å². The third-order valence-electron chi connectivity index (χ3n) is 6.63. The van der Waals surface area contributed by atoms with Crippen molar-refractivity contribution in [3.8, 4) is 11.1 Å². The van der Waals surface area contributed by atoms with Crippen LogP contribution in [-0.4, -0.2) is 110 Å². The van der Waals surface area contributed by atoms with Crippen LogP contribution in [0.4, 0.5) is 20.8 Å². The number of halogens is 1. The Morgan fingerprint density at radius 2 is 1.85 bits per heavy atom. The molecule has 3 amide bonds. The van der Waals surface area contributed by atoms with E-state index in [0.717, 1.165) is 0 Å². The first kappa shape index (κ1) is 27.7. The Morgan fingerprint density at radius 3 is 2.46 bits per heavy atom. The number of nitrogens with one attached hydrogen (secondary N) is 1. The van der Waals surface area contributed by atoms with E-state index >= 15 is 4.39 Å². The Kier molecular flexibility index (Phi) is 8.54. The van der Waals surface area contributed by atoms with Crippen molar-refractivity contribution in [2.24, 2.45) is 0 Å². The molecule has 0 radical (unpaired) electrons. The first-order chi connectivity index (χ1) is 18.7. The monoisotopic (exact) mass is 543 g/mol. The molecule has 0 aliphatic carbocycles. The van der Waals surface area contributed by atoms with Crippen LogP contribution in [0.15, 0.2) is 30.6 Å². The van der Waals surface area contributed by atoms with Crippen molar-refractivity contribution < 1.29 is 33.0 Å². The van der Waals surface area contributed by atoms with E-state index in [2.05, 4.69) is 20.0 Å². The highest BCUT2D eigenvalue weighted by Gasteiger charge is 2.36. The number of cyclic esters (lactones) is 1. The molecule has 2 aliphatic rings. The van der Waals surface area contributed by atoms with Crippen molar-refractivity contribution in [1.82, 2.24) is 25.1 Å². The molecule has 2 saturated heterocycles. The van der Waals surface area contributed by atoms with Gasteiger partial charge in [-0.05, 0) is 18.2 Å². The van der Waals surface area contributed by atoms with Crippen LogP contribution in [0.3, 0.4) is 0 Å². The van der Waals surface area contributed by atoms with Gasteiger partial charge in [-0.2, -0.15) is 0 Å². The van der Waals surface area contributed by atoms with Gasteiger partial charge in [0, 0.05) is 63.7 Å². The smallest absolute Gasteiger partial charge is 0.416 e. The van der Waals surface area contributed by atoms with E-state index < -0.39 is 24.1 Å². The number of hydrogen-bond donors (Lipinski definition) is 1. The molecule has 208 valence electrons. The highest BCUT2D eigenvalue weighted by Crippen LogP contribution is 2.29. The lowest BCUT2D eigenvalue weighted by molar-refractivity contribution is -0.139. The number of anilines is 2. The minimum atomic E-state index is -0.748. The van der Waals surface area contributed by atoms with Gasteiger partial charge in [0.2, 0.25) is 17.8 Å². The molecule has 0 bridgehead atoms. The summed E-state index contributed by atoms with van der Waals surface area (Å²) >= 11 is 0. The standard InChI is InChI=1S/C25H30FN7O6/c1-16(34)30(2)22-15-33(25(37)39-22)18-4-5-19(20(26)10-18)17-11-28-24(29-12-17)32-8-6-31(7-9-32)21(35)13-27-14-23(36)38-3/h4-5,10-12,22,27H,6-9,13-15H2,1-3H3/t22-/m0/s1.